The second kappa shape index (κ2) is 6.78. The Bertz CT molecular complexity index is 1040. The molecule has 0 radical (unpaired) electrons. The summed E-state index contributed by atoms with van der Waals surface area (Å²) in [6, 6.07) is 20.0. The molecule has 0 aromatic heterocycles. The zero-order valence-corrected chi connectivity index (χ0v) is 16.1. The van der Waals surface area contributed by atoms with Gasteiger partial charge in [-0.3, -0.25) is 0 Å². The zero-order chi connectivity index (χ0) is 18.3. The number of phenolic OH excluding ortho intramolecular Hbond substituents is 2. The minimum Gasteiger partial charge on any atom is -0.506 e. The molecule has 0 aliphatic heterocycles. The van der Waals surface area contributed by atoms with E-state index in [1.165, 1.54) is 23.5 Å². The highest BCUT2D eigenvalue weighted by Crippen LogP contribution is 2.50. The minimum atomic E-state index is 0.218. The molecule has 4 aromatic rings. The fourth-order valence-corrected chi connectivity index (χ4v) is 4.52. The molecular formula is C22H18O2S2. The van der Waals surface area contributed by atoms with Gasteiger partial charge in [-0.2, -0.15) is 0 Å². The summed E-state index contributed by atoms with van der Waals surface area (Å²) in [6.45, 7) is 0. The maximum absolute atomic E-state index is 11.0. The van der Waals surface area contributed by atoms with Crippen molar-refractivity contribution >= 4 is 45.1 Å². The summed E-state index contributed by atoms with van der Waals surface area (Å²) in [5.41, 5.74) is 1.38. The molecule has 0 heterocycles. The Morgan fingerprint density at radius 2 is 1.00 bits per heavy atom. The van der Waals surface area contributed by atoms with Gasteiger partial charge in [0.2, 0.25) is 0 Å². The Hall–Kier alpha value is -2.30. The van der Waals surface area contributed by atoms with Crippen molar-refractivity contribution in [2.45, 2.75) is 9.79 Å². The standard InChI is InChI=1S/C22H18O2S2/c1-25-17-11-13-7-3-5-9-15(13)19(21(17)23)20-16-10-6-4-8-14(16)12-18(26-2)22(20)24/h3-12,23-24H,1-2H3. The van der Waals surface area contributed by atoms with E-state index in [4.69, 9.17) is 0 Å². The van der Waals surface area contributed by atoms with Crippen LogP contribution in [0.3, 0.4) is 0 Å². The van der Waals surface area contributed by atoms with Gasteiger partial charge in [-0.25, -0.2) is 0 Å². The van der Waals surface area contributed by atoms with Gasteiger partial charge in [0, 0.05) is 11.1 Å². The molecule has 0 saturated carbocycles. The van der Waals surface area contributed by atoms with Gasteiger partial charge in [0.15, 0.2) is 0 Å². The minimum absolute atomic E-state index is 0.218. The van der Waals surface area contributed by atoms with Crippen molar-refractivity contribution in [3.05, 3.63) is 60.7 Å². The molecule has 26 heavy (non-hydrogen) atoms. The van der Waals surface area contributed by atoms with E-state index in [0.29, 0.717) is 11.1 Å². The van der Waals surface area contributed by atoms with Gasteiger partial charge < -0.3 is 10.2 Å². The first-order chi connectivity index (χ1) is 12.7. The van der Waals surface area contributed by atoms with Crippen molar-refractivity contribution in [1.82, 2.24) is 0 Å². The highest BCUT2D eigenvalue weighted by Gasteiger charge is 2.21. The van der Waals surface area contributed by atoms with Crippen molar-refractivity contribution in [3.63, 3.8) is 0 Å². The lowest BCUT2D eigenvalue weighted by atomic mass is 9.92. The number of phenols is 2. The predicted molar refractivity (Wildman–Crippen MR) is 114 cm³/mol. The number of hydrogen-bond donors (Lipinski definition) is 2. The first kappa shape index (κ1) is 17.1. The molecule has 0 spiro atoms. The van der Waals surface area contributed by atoms with E-state index in [0.717, 1.165) is 31.3 Å². The molecule has 0 saturated heterocycles. The molecule has 130 valence electrons. The second-order valence-corrected chi connectivity index (χ2v) is 7.74. The molecule has 0 unspecified atom stereocenters. The van der Waals surface area contributed by atoms with Gasteiger partial charge in [-0.1, -0.05) is 48.5 Å². The monoisotopic (exact) mass is 378 g/mol. The van der Waals surface area contributed by atoms with Crippen LogP contribution in [-0.4, -0.2) is 22.7 Å². The smallest absolute Gasteiger partial charge is 0.137 e. The van der Waals surface area contributed by atoms with Crippen LogP contribution in [0, 0.1) is 0 Å². The predicted octanol–water partition coefficient (Wildman–Crippen LogP) is 6.52. The van der Waals surface area contributed by atoms with Crippen LogP contribution in [0.5, 0.6) is 11.5 Å². The lowest BCUT2D eigenvalue weighted by Gasteiger charge is -2.18. The molecule has 0 atom stereocenters. The van der Waals surface area contributed by atoms with Gasteiger partial charge in [-0.15, -0.1) is 23.5 Å². The van der Waals surface area contributed by atoms with E-state index >= 15 is 0 Å². The summed E-state index contributed by atoms with van der Waals surface area (Å²) in [5.74, 6) is 0.435. The maximum Gasteiger partial charge on any atom is 0.137 e. The summed E-state index contributed by atoms with van der Waals surface area (Å²) in [4.78, 5) is 1.61. The van der Waals surface area contributed by atoms with Crippen LogP contribution in [0.1, 0.15) is 0 Å². The number of fused-ring (bicyclic) bond motifs is 2. The van der Waals surface area contributed by atoms with Crippen molar-refractivity contribution < 1.29 is 10.2 Å². The fourth-order valence-electron chi connectivity index (χ4n) is 3.44. The number of hydrogen-bond acceptors (Lipinski definition) is 4. The van der Waals surface area contributed by atoms with Gasteiger partial charge in [-0.05, 0) is 46.2 Å². The van der Waals surface area contributed by atoms with Gasteiger partial charge in [0.25, 0.3) is 0 Å². The Balaban J connectivity index is 2.24. The molecule has 0 amide bonds. The fraction of sp³-hybridized carbons (Fsp3) is 0.0909. The Kier molecular flexibility index (Phi) is 4.47. The van der Waals surface area contributed by atoms with E-state index in [1.807, 2.05) is 73.2 Å². The SMILES string of the molecule is CSc1cc2ccccc2c(-c2c(O)c(SC)cc3ccccc23)c1O. The third-order valence-corrected chi connectivity index (χ3v) is 6.17. The Labute approximate surface area is 160 Å². The number of rotatable bonds is 3. The second-order valence-electron chi connectivity index (χ2n) is 6.05. The summed E-state index contributed by atoms with van der Waals surface area (Å²) in [5, 5.41) is 26.1. The molecular weight excluding hydrogens is 360 g/mol. The number of thioether (sulfide) groups is 2. The first-order valence-electron chi connectivity index (χ1n) is 8.23. The average Bonchev–Trinajstić information content (AvgIpc) is 2.68. The lowest BCUT2D eigenvalue weighted by Crippen LogP contribution is -1.90. The third-order valence-electron chi connectivity index (χ3n) is 4.66. The highest BCUT2D eigenvalue weighted by molar-refractivity contribution is 7.99. The average molecular weight is 379 g/mol. The van der Waals surface area contributed by atoms with Crippen LogP contribution < -0.4 is 0 Å². The number of benzene rings is 4. The number of aromatic hydroxyl groups is 2. The Morgan fingerprint density at radius 3 is 1.38 bits per heavy atom. The molecule has 2 nitrogen and oxygen atoms in total. The summed E-state index contributed by atoms with van der Waals surface area (Å²) in [7, 11) is 0. The van der Waals surface area contributed by atoms with Crippen LogP contribution in [0.15, 0.2) is 70.5 Å². The van der Waals surface area contributed by atoms with Crippen LogP contribution in [0.2, 0.25) is 0 Å². The molecule has 0 aliphatic carbocycles. The van der Waals surface area contributed by atoms with Crippen molar-refractivity contribution in [1.29, 1.82) is 0 Å². The molecule has 2 N–H and O–H groups in total. The lowest BCUT2D eigenvalue weighted by molar-refractivity contribution is 0.457. The molecule has 0 fully saturated rings. The zero-order valence-electron chi connectivity index (χ0n) is 14.5. The highest BCUT2D eigenvalue weighted by atomic mass is 32.2. The van der Waals surface area contributed by atoms with Crippen LogP contribution >= 0.6 is 23.5 Å². The first-order valence-corrected chi connectivity index (χ1v) is 10.7. The van der Waals surface area contributed by atoms with Crippen LogP contribution in [-0.2, 0) is 0 Å². The van der Waals surface area contributed by atoms with Gasteiger partial charge in [0.05, 0.1) is 9.79 Å². The van der Waals surface area contributed by atoms with Crippen molar-refractivity contribution in [2.24, 2.45) is 0 Å². The quantitative estimate of drug-likeness (QED) is 0.398. The summed E-state index contributed by atoms with van der Waals surface area (Å²) < 4.78 is 0. The summed E-state index contributed by atoms with van der Waals surface area (Å²) in [6.07, 6.45) is 3.90. The molecule has 4 rings (SSSR count). The normalized spacial score (nSPS) is 11.3. The molecule has 0 bridgehead atoms. The van der Waals surface area contributed by atoms with Crippen molar-refractivity contribution in [2.75, 3.05) is 12.5 Å². The van der Waals surface area contributed by atoms with Crippen LogP contribution in [0.4, 0.5) is 0 Å². The van der Waals surface area contributed by atoms with E-state index in [9.17, 15) is 10.2 Å². The van der Waals surface area contributed by atoms with E-state index < -0.39 is 0 Å². The molecule has 4 heteroatoms. The van der Waals surface area contributed by atoms with E-state index in [1.54, 1.807) is 0 Å². The summed E-state index contributed by atoms with van der Waals surface area (Å²) >= 11 is 3.01. The largest absolute Gasteiger partial charge is 0.506 e. The molecule has 4 aromatic carbocycles. The Morgan fingerprint density at radius 1 is 0.615 bits per heavy atom. The van der Waals surface area contributed by atoms with E-state index in [-0.39, 0.29) is 11.5 Å². The van der Waals surface area contributed by atoms with E-state index in [2.05, 4.69) is 0 Å². The van der Waals surface area contributed by atoms with Crippen molar-refractivity contribution in [3.8, 4) is 22.6 Å². The van der Waals surface area contributed by atoms with Gasteiger partial charge in [0.1, 0.15) is 11.5 Å². The topological polar surface area (TPSA) is 40.5 Å². The third kappa shape index (κ3) is 2.61. The van der Waals surface area contributed by atoms with Gasteiger partial charge >= 0.3 is 0 Å². The van der Waals surface area contributed by atoms with Crippen LogP contribution in [0.25, 0.3) is 32.7 Å². The maximum atomic E-state index is 11.0. The molecule has 0 aliphatic rings.